The molecule has 0 saturated heterocycles. The second kappa shape index (κ2) is 4.57. The number of nitrogens with zero attached hydrogens (tertiary/aromatic N) is 4. The third kappa shape index (κ3) is 2.03. The predicted octanol–water partition coefficient (Wildman–Crippen LogP) is 0.0143. The van der Waals surface area contributed by atoms with Gasteiger partial charge in [-0.2, -0.15) is 10.2 Å². The number of aryl methyl sites for hydroxylation is 1. The summed E-state index contributed by atoms with van der Waals surface area (Å²) < 4.78 is 1.63. The molecule has 3 aromatic heterocycles. The molecule has 8 nitrogen and oxygen atoms in total. The summed E-state index contributed by atoms with van der Waals surface area (Å²) >= 11 is 0. The molecule has 20 heavy (non-hydrogen) atoms. The van der Waals surface area contributed by atoms with E-state index < -0.39 is 11.2 Å². The van der Waals surface area contributed by atoms with E-state index in [0.29, 0.717) is 17.1 Å². The third-order valence-corrected chi connectivity index (χ3v) is 2.80. The molecule has 0 unspecified atom stereocenters. The Morgan fingerprint density at radius 3 is 2.80 bits per heavy atom. The Hall–Kier alpha value is -3.03. The Balaban J connectivity index is 2.19. The van der Waals surface area contributed by atoms with Gasteiger partial charge in [0.15, 0.2) is 0 Å². The number of aromatic nitrogens is 6. The molecule has 8 heteroatoms. The maximum absolute atomic E-state index is 11.8. The second-order valence-electron chi connectivity index (χ2n) is 4.14. The minimum absolute atomic E-state index is 0.241. The zero-order valence-corrected chi connectivity index (χ0v) is 10.5. The smallest absolute Gasteiger partial charge is 0.313 e. The average Bonchev–Trinajstić information content (AvgIpc) is 2.93. The van der Waals surface area contributed by atoms with Crippen molar-refractivity contribution < 1.29 is 0 Å². The van der Waals surface area contributed by atoms with Crippen LogP contribution in [0.3, 0.4) is 0 Å². The summed E-state index contributed by atoms with van der Waals surface area (Å²) in [4.78, 5) is 27.3. The van der Waals surface area contributed by atoms with Gasteiger partial charge in [-0.1, -0.05) is 0 Å². The van der Waals surface area contributed by atoms with Crippen molar-refractivity contribution >= 4 is 0 Å². The van der Waals surface area contributed by atoms with Crippen LogP contribution in [0.2, 0.25) is 0 Å². The lowest BCUT2D eigenvalue weighted by molar-refractivity contribution is 0.841. The van der Waals surface area contributed by atoms with Crippen LogP contribution < -0.4 is 11.2 Å². The normalized spacial score (nSPS) is 10.7. The molecule has 100 valence electrons. The van der Waals surface area contributed by atoms with Crippen LogP contribution in [0.15, 0.2) is 40.3 Å². The molecule has 3 aromatic rings. The molecule has 3 heterocycles. The molecule has 0 fully saturated rings. The maximum atomic E-state index is 11.8. The van der Waals surface area contributed by atoms with Crippen LogP contribution >= 0.6 is 0 Å². The number of hydrogen-bond acceptors (Lipinski definition) is 5. The largest absolute Gasteiger partial charge is 0.325 e. The van der Waals surface area contributed by atoms with E-state index in [1.54, 1.807) is 36.1 Å². The summed E-state index contributed by atoms with van der Waals surface area (Å²) in [6, 6.07) is 3.48. The topological polar surface area (TPSA) is 109 Å². The van der Waals surface area contributed by atoms with Gasteiger partial charge in [-0.25, -0.2) is 9.48 Å². The highest BCUT2D eigenvalue weighted by molar-refractivity contribution is 5.59. The third-order valence-electron chi connectivity index (χ3n) is 2.80. The molecule has 0 radical (unpaired) electrons. The lowest BCUT2D eigenvalue weighted by atomic mass is 10.2. The van der Waals surface area contributed by atoms with E-state index in [4.69, 9.17) is 0 Å². The molecule has 0 atom stereocenters. The summed E-state index contributed by atoms with van der Waals surface area (Å²) in [6.45, 7) is 1.80. The number of H-pyrrole nitrogens is 2. The first-order valence-corrected chi connectivity index (χ1v) is 5.82. The molecular formula is C12H10N6O2. The lowest BCUT2D eigenvalue weighted by Crippen LogP contribution is -2.23. The Morgan fingerprint density at radius 1 is 1.25 bits per heavy atom. The number of aromatic amines is 2. The van der Waals surface area contributed by atoms with E-state index in [1.807, 2.05) is 0 Å². The van der Waals surface area contributed by atoms with Crippen molar-refractivity contribution in [2.45, 2.75) is 6.92 Å². The molecule has 0 amide bonds. The SMILES string of the molecule is Cc1nnc(-c2c[nH]c(=O)[nH]c2=O)cc1-n1cccn1. The van der Waals surface area contributed by atoms with Crippen LogP contribution in [0.5, 0.6) is 0 Å². The van der Waals surface area contributed by atoms with Crippen LogP contribution in [-0.2, 0) is 0 Å². The van der Waals surface area contributed by atoms with Gasteiger partial charge in [-0.15, -0.1) is 5.10 Å². The molecule has 0 bridgehead atoms. The van der Waals surface area contributed by atoms with Crippen molar-refractivity contribution in [3.8, 4) is 16.9 Å². The van der Waals surface area contributed by atoms with Gasteiger partial charge in [-0.3, -0.25) is 9.78 Å². The highest BCUT2D eigenvalue weighted by Gasteiger charge is 2.10. The minimum atomic E-state index is -0.564. The predicted molar refractivity (Wildman–Crippen MR) is 70.6 cm³/mol. The average molecular weight is 270 g/mol. The zero-order chi connectivity index (χ0) is 14.1. The Bertz CT molecular complexity index is 862. The van der Waals surface area contributed by atoms with Crippen molar-refractivity contribution in [3.63, 3.8) is 0 Å². The van der Waals surface area contributed by atoms with Crippen LogP contribution in [-0.4, -0.2) is 29.9 Å². The van der Waals surface area contributed by atoms with Crippen molar-refractivity contribution in [3.05, 3.63) is 57.3 Å². The van der Waals surface area contributed by atoms with Crippen molar-refractivity contribution in [2.75, 3.05) is 0 Å². The number of rotatable bonds is 2. The number of hydrogen-bond donors (Lipinski definition) is 2. The highest BCUT2D eigenvalue weighted by atomic mass is 16.2. The summed E-state index contributed by atoms with van der Waals surface area (Å²) in [5.41, 5.74) is 0.914. The first kappa shape index (κ1) is 12.0. The molecule has 3 rings (SSSR count). The quantitative estimate of drug-likeness (QED) is 0.682. The van der Waals surface area contributed by atoms with Gasteiger partial charge < -0.3 is 4.98 Å². The van der Waals surface area contributed by atoms with Gasteiger partial charge >= 0.3 is 5.69 Å². The fraction of sp³-hybridized carbons (Fsp3) is 0.0833. The Morgan fingerprint density at radius 2 is 2.10 bits per heavy atom. The van der Waals surface area contributed by atoms with Crippen molar-refractivity contribution in [1.29, 1.82) is 0 Å². The van der Waals surface area contributed by atoms with Crippen LogP contribution in [0, 0.1) is 6.92 Å². The minimum Gasteiger partial charge on any atom is -0.313 e. The summed E-state index contributed by atoms with van der Waals surface area (Å²) in [6.07, 6.45) is 4.73. The maximum Gasteiger partial charge on any atom is 0.325 e. The first-order valence-electron chi connectivity index (χ1n) is 5.82. The molecule has 0 saturated carbocycles. The van der Waals surface area contributed by atoms with Gasteiger partial charge in [0.1, 0.15) is 5.69 Å². The molecular weight excluding hydrogens is 260 g/mol. The van der Waals surface area contributed by atoms with E-state index in [2.05, 4.69) is 25.3 Å². The fourth-order valence-electron chi connectivity index (χ4n) is 1.82. The van der Waals surface area contributed by atoms with E-state index in [1.165, 1.54) is 6.20 Å². The Kier molecular flexibility index (Phi) is 2.75. The molecule has 0 aliphatic carbocycles. The monoisotopic (exact) mass is 270 g/mol. The van der Waals surface area contributed by atoms with Crippen LogP contribution in [0.4, 0.5) is 0 Å². The van der Waals surface area contributed by atoms with Crippen molar-refractivity contribution in [1.82, 2.24) is 29.9 Å². The second-order valence-corrected chi connectivity index (χ2v) is 4.14. The highest BCUT2D eigenvalue weighted by Crippen LogP contribution is 2.16. The molecule has 0 spiro atoms. The van der Waals surface area contributed by atoms with Gasteiger partial charge in [0.05, 0.1) is 16.9 Å². The number of nitrogens with one attached hydrogen (secondary N) is 2. The standard InChI is InChI=1S/C12H10N6O2/c1-7-10(18-4-2-3-14-18)5-9(17-16-7)8-6-13-12(20)15-11(8)19/h2-6H,1H3,(H2,13,15,19,20). The Labute approximate surface area is 112 Å². The van der Waals surface area contributed by atoms with E-state index in [-0.39, 0.29) is 5.56 Å². The van der Waals surface area contributed by atoms with Gasteiger partial charge in [0.25, 0.3) is 5.56 Å². The molecule has 0 aliphatic rings. The molecule has 0 aromatic carbocycles. The first-order chi connectivity index (χ1) is 9.65. The lowest BCUT2D eigenvalue weighted by Gasteiger charge is -2.06. The zero-order valence-electron chi connectivity index (χ0n) is 10.5. The molecule has 0 aliphatic heterocycles. The molecule has 2 N–H and O–H groups in total. The van der Waals surface area contributed by atoms with Gasteiger partial charge in [0, 0.05) is 18.6 Å². The van der Waals surface area contributed by atoms with Crippen LogP contribution in [0.1, 0.15) is 5.69 Å². The van der Waals surface area contributed by atoms with E-state index in [9.17, 15) is 9.59 Å². The summed E-state index contributed by atoms with van der Waals surface area (Å²) in [7, 11) is 0. The van der Waals surface area contributed by atoms with Gasteiger partial charge in [0.2, 0.25) is 0 Å². The van der Waals surface area contributed by atoms with Crippen LogP contribution in [0.25, 0.3) is 16.9 Å². The van der Waals surface area contributed by atoms with E-state index >= 15 is 0 Å². The summed E-state index contributed by atoms with van der Waals surface area (Å²) in [5.74, 6) is 0. The summed E-state index contributed by atoms with van der Waals surface area (Å²) in [5, 5.41) is 12.1. The fourth-order valence-corrected chi connectivity index (χ4v) is 1.82. The van der Waals surface area contributed by atoms with Crippen molar-refractivity contribution in [2.24, 2.45) is 0 Å². The van der Waals surface area contributed by atoms with Gasteiger partial charge in [-0.05, 0) is 19.1 Å². The van der Waals surface area contributed by atoms with E-state index in [0.717, 1.165) is 0 Å².